The first-order valence-corrected chi connectivity index (χ1v) is 9.02. The molecule has 0 radical (unpaired) electrons. The van der Waals surface area contributed by atoms with Gasteiger partial charge in [0.1, 0.15) is 5.75 Å². The number of aromatic nitrogens is 2. The molecular formula is C19H24F3N3O. The molecule has 0 aliphatic heterocycles. The van der Waals surface area contributed by atoms with Crippen molar-refractivity contribution in [2.24, 2.45) is 5.92 Å². The minimum atomic E-state index is -4.68. The Labute approximate surface area is 151 Å². The van der Waals surface area contributed by atoms with Gasteiger partial charge in [0.25, 0.3) is 0 Å². The summed E-state index contributed by atoms with van der Waals surface area (Å²) in [6.45, 7) is 1.50. The number of hydrogen-bond acceptors (Lipinski definition) is 3. The highest BCUT2D eigenvalue weighted by Crippen LogP contribution is 2.30. The van der Waals surface area contributed by atoms with Crippen molar-refractivity contribution < 1.29 is 17.9 Å². The third-order valence-corrected chi connectivity index (χ3v) is 4.73. The Morgan fingerprint density at radius 3 is 2.46 bits per heavy atom. The van der Waals surface area contributed by atoms with E-state index in [-0.39, 0.29) is 5.75 Å². The van der Waals surface area contributed by atoms with E-state index in [1.165, 1.54) is 44.2 Å². The Balaban J connectivity index is 1.82. The number of nitrogens with one attached hydrogen (secondary N) is 1. The van der Waals surface area contributed by atoms with Gasteiger partial charge in [-0.2, -0.15) is 5.10 Å². The lowest BCUT2D eigenvalue weighted by molar-refractivity contribution is -0.274. The molecule has 0 atom stereocenters. The first-order chi connectivity index (χ1) is 12.4. The number of rotatable bonds is 6. The third-order valence-electron chi connectivity index (χ3n) is 4.73. The van der Waals surface area contributed by atoms with Crippen LogP contribution in [0.1, 0.15) is 37.8 Å². The van der Waals surface area contributed by atoms with Crippen molar-refractivity contribution in [3.05, 3.63) is 36.0 Å². The van der Waals surface area contributed by atoms with Crippen LogP contribution >= 0.6 is 0 Å². The molecule has 0 unspecified atom stereocenters. The molecule has 2 aromatic rings. The number of benzene rings is 1. The molecule has 0 spiro atoms. The van der Waals surface area contributed by atoms with Gasteiger partial charge in [-0.1, -0.05) is 19.3 Å². The number of nitrogens with zero attached hydrogens (tertiary/aromatic N) is 2. The Morgan fingerprint density at radius 2 is 1.85 bits per heavy atom. The predicted octanol–water partition coefficient (Wildman–Crippen LogP) is 4.75. The van der Waals surface area contributed by atoms with Gasteiger partial charge in [-0.3, -0.25) is 4.68 Å². The molecule has 4 nitrogen and oxygen atoms in total. The lowest BCUT2D eigenvalue weighted by Crippen LogP contribution is -2.17. The van der Waals surface area contributed by atoms with Gasteiger partial charge in [0, 0.05) is 18.7 Å². The van der Waals surface area contributed by atoms with Gasteiger partial charge in [-0.25, -0.2) is 0 Å². The standard InChI is InChI=1S/C19H24F3N3O/c1-23-12-16-11-18(25(24-16)13-14-5-3-2-4-6-14)15-7-9-17(10-8-15)26-19(20,21)22/h7-11,14,23H,2-6,12-13H2,1H3. The molecule has 1 heterocycles. The van der Waals surface area contributed by atoms with Gasteiger partial charge in [-0.05, 0) is 56.1 Å². The molecule has 1 N–H and O–H groups in total. The van der Waals surface area contributed by atoms with Crippen LogP contribution in [0.15, 0.2) is 30.3 Å². The average Bonchev–Trinajstić information content (AvgIpc) is 2.98. The normalized spacial score (nSPS) is 16.0. The summed E-state index contributed by atoms with van der Waals surface area (Å²) in [6.07, 6.45) is 1.55. The topological polar surface area (TPSA) is 39.1 Å². The molecule has 1 aromatic heterocycles. The summed E-state index contributed by atoms with van der Waals surface area (Å²) < 4.78 is 43.0. The van der Waals surface area contributed by atoms with Crippen LogP contribution in [0.25, 0.3) is 11.3 Å². The lowest BCUT2D eigenvalue weighted by Gasteiger charge is -2.22. The van der Waals surface area contributed by atoms with Crippen LogP contribution in [0.3, 0.4) is 0 Å². The molecule has 1 fully saturated rings. The van der Waals surface area contributed by atoms with E-state index in [4.69, 9.17) is 5.10 Å². The van der Waals surface area contributed by atoms with E-state index in [2.05, 4.69) is 10.1 Å². The van der Waals surface area contributed by atoms with Crippen molar-refractivity contribution in [2.45, 2.75) is 51.6 Å². The maximum Gasteiger partial charge on any atom is 0.573 e. The van der Waals surface area contributed by atoms with E-state index in [1.54, 1.807) is 12.1 Å². The molecule has 7 heteroatoms. The second-order valence-electron chi connectivity index (χ2n) is 6.81. The first kappa shape index (κ1) is 18.8. The van der Waals surface area contributed by atoms with Crippen LogP contribution in [0, 0.1) is 5.92 Å². The molecule has 1 aromatic carbocycles. The van der Waals surface area contributed by atoms with Crippen molar-refractivity contribution in [2.75, 3.05) is 7.05 Å². The van der Waals surface area contributed by atoms with Crippen molar-refractivity contribution in [1.82, 2.24) is 15.1 Å². The van der Waals surface area contributed by atoms with E-state index in [0.717, 1.165) is 23.5 Å². The first-order valence-electron chi connectivity index (χ1n) is 9.02. The summed E-state index contributed by atoms with van der Waals surface area (Å²) in [5.74, 6) is 0.396. The molecule has 3 rings (SSSR count). The molecule has 0 saturated heterocycles. The Bertz CT molecular complexity index is 704. The zero-order chi connectivity index (χ0) is 18.6. The fourth-order valence-electron chi connectivity index (χ4n) is 3.55. The summed E-state index contributed by atoms with van der Waals surface area (Å²) >= 11 is 0. The molecule has 1 aliphatic rings. The summed E-state index contributed by atoms with van der Waals surface area (Å²) in [5.41, 5.74) is 2.69. The van der Waals surface area contributed by atoms with E-state index < -0.39 is 6.36 Å². The zero-order valence-corrected chi connectivity index (χ0v) is 14.9. The zero-order valence-electron chi connectivity index (χ0n) is 14.9. The van der Waals surface area contributed by atoms with E-state index in [9.17, 15) is 13.2 Å². The number of alkyl halides is 3. The monoisotopic (exact) mass is 367 g/mol. The Morgan fingerprint density at radius 1 is 1.15 bits per heavy atom. The maximum absolute atomic E-state index is 12.3. The van der Waals surface area contributed by atoms with Crippen LogP contribution in [-0.2, 0) is 13.1 Å². The average molecular weight is 367 g/mol. The van der Waals surface area contributed by atoms with Crippen LogP contribution in [-0.4, -0.2) is 23.2 Å². The predicted molar refractivity (Wildman–Crippen MR) is 93.7 cm³/mol. The van der Waals surface area contributed by atoms with E-state index >= 15 is 0 Å². The largest absolute Gasteiger partial charge is 0.573 e. The molecule has 26 heavy (non-hydrogen) atoms. The van der Waals surface area contributed by atoms with Gasteiger partial charge < -0.3 is 10.1 Å². The lowest BCUT2D eigenvalue weighted by atomic mass is 9.89. The minimum absolute atomic E-state index is 0.213. The highest BCUT2D eigenvalue weighted by atomic mass is 19.4. The quantitative estimate of drug-likeness (QED) is 0.801. The van der Waals surface area contributed by atoms with Crippen molar-refractivity contribution in [3.8, 4) is 17.0 Å². The van der Waals surface area contributed by atoms with Crippen molar-refractivity contribution in [3.63, 3.8) is 0 Å². The van der Waals surface area contributed by atoms with Gasteiger partial charge in [-0.15, -0.1) is 13.2 Å². The smallest absolute Gasteiger partial charge is 0.406 e. The van der Waals surface area contributed by atoms with Gasteiger partial charge in [0.2, 0.25) is 0 Å². The Hall–Kier alpha value is -2.02. The fourth-order valence-corrected chi connectivity index (χ4v) is 3.55. The van der Waals surface area contributed by atoms with Crippen LogP contribution in [0.2, 0.25) is 0 Å². The van der Waals surface area contributed by atoms with E-state index in [1.807, 2.05) is 17.8 Å². The molecule has 142 valence electrons. The number of hydrogen-bond donors (Lipinski definition) is 1. The molecule has 1 saturated carbocycles. The molecular weight excluding hydrogens is 343 g/mol. The minimum Gasteiger partial charge on any atom is -0.406 e. The molecule has 0 amide bonds. The van der Waals surface area contributed by atoms with Gasteiger partial charge in [0.15, 0.2) is 0 Å². The van der Waals surface area contributed by atoms with Crippen LogP contribution < -0.4 is 10.1 Å². The second kappa shape index (κ2) is 8.12. The summed E-state index contributed by atoms with van der Waals surface area (Å²) in [7, 11) is 1.86. The van der Waals surface area contributed by atoms with E-state index in [0.29, 0.717) is 12.5 Å². The molecule has 0 bridgehead atoms. The summed E-state index contributed by atoms with van der Waals surface area (Å²) in [6, 6.07) is 7.99. The van der Waals surface area contributed by atoms with Crippen molar-refractivity contribution >= 4 is 0 Å². The van der Waals surface area contributed by atoms with Crippen molar-refractivity contribution in [1.29, 1.82) is 0 Å². The van der Waals surface area contributed by atoms with Crippen LogP contribution in [0.5, 0.6) is 5.75 Å². The third kappa shape index (κ3) is 5.00. The summed E-state index contributed by atoms with van der Waals surface area (Å²) in [5, 5.41) is 7.79. The SMILES string of the molecule is CNCc1cc(-c2ccc(OC(F)(F)F)cc2)n(CC2CCCCC2)n1. The Kier molecular flexibility index (Phi) is 5.86. The van der Waals surface area contributed by atoms with Crippen LogP contribution in [0.4, 0.5) is 13.2 Å². The second-order valence-corrected chi connectivity index (χ2v) is 6.81. The maximum atomic E-state index is 12.3. The highest BCUT2D eigenvalue weighted by Gasteiger charge is 2.31. The van der Waals surface area contributed by atoms with Gasteiger partial charge >= 0.3 is 6.36 Å². The van der Waals surface area contributed by atoms with Gasteiger partial charge in [0.05, 0.1) is 11.4 Å². The number of halogens is 3. The fraction of sp³-hybridized carbons (Fsp3) is 0.526. The molecule has 1 aliphatic carbocycles. The number of ether oxygens (including phenoxy) is 1. The highest BCUT2D eigenvalue weighted by molar-refractivity contribution is 5.61. The summed E-state index contributed by atoms with van der Waals surface area (Å²) in [4.78, 5) is 0.